The first-order valence-corrected chi connectivity index (χ1v) is 11.0. The third-order valence-electron chi connectivity index (χ3n) is 5.02. The molecule has 0 saturated carbocycles. The molecule has 0 aromatic heterocycles. The Morgan fingerprint density at radius 2 is 1.62 bits per heavy atom. The minimum atomic E-state index is -0.529. The summed E-state index contributed by atoms with van der Waals surface area (Å²) in [7, 11) is 0. The van der Waals surface area contributed by atoms with Crippen LogP contribution in [-0.2, 0) is 9.53 Å². The van der Waals surface area contributed by atoms with Crippen LogP contribution in [0.1, 0.15) is 40.5 Å². The zero-order chi connectivity index (χ0) is 23.1. The molecule has 0 atom stereocenters. The molecular formula is C25H32N2O5. The first kappa shape index (κ1) is 23.4. The number of carbonyl (C=O) groups excluding carboxylic acids is 2. The van der Waals surface area contributed by atoms with Gasteiger partial charge in [-0.15, -0.1) is 0 Å². The van der Waals surface area contributed by atoms with Crippen LogP contribution in [0.3, 0.4) is 0 Å². The van der Waals surface area contributed by atoms with E-state index < -0.39 is 5.60 Å². The van der Waals surface area contributed by atoms with Crippen LogP contribution in [0.2, 0.25) is 0 Å². The Balaban J connectivity index is 1.57. The van der Waals surface area contributed by atoms with E-state index in [2.05, 4.69) is 5.32 Å². The molecule has 0 aliphatic carbocycles. The van der Waals surface area contributed by atoms with E-state index >= 15 is 0 Å². The van der Waals surface area contributed by atoms with E-state index in [1.165, 1.54) is 0 Å². The number of para-hydroxylation sites is 2. The van der Waals surface area contributed by atoms with E-state index in [1.54, 1.807) is 4.90 Å². The highest BCUT2D eigenvalue weighted by atomic mass is 16.6. The summed E-state index contributed by atoms with van der Waals surface area (Å²) in [5.41, 5.74) is 0.0826. The van der Waals surface area contributed by atoms with Crippen LogP contribution in [0.15, 0.2) is 48.5 Å². The number of likely N-dealkylation sites (tertiary alicyclic amines) is 1. The van der Waals surface area contributed by atoms with Gasteiger partial charge < -0.3 is 24.4 Å². The van der Waals surface area contributed by atoms with Gasteiger partial charge in [-0.05, 0) is 76.9 Å². The quantitative estimate of drug-likeness (QED) is 0.645. The molecule has 1 fully saturated rings. The van der Waals surface area contributed by atoms with Crippen LogP contribution in [0, 0.1) is 5.92 Å². The van der Waals surface area contributed by atoms with Crippen molar-refractivity contribution >= 4 is 17.7 Å². The number of piperidine rings is 1. The van der Waals surface area contributed by atoms with E-state index in [0.717, 1.165) is 5.75 Å². The van der Waals surface area contributed by atoms with Crippen molar-refractivity contribution in [3.8, 4) is 17.2 Å². The van der Waals surface area contributed by atoms with Crippen molar-refractivity contribution in [2.75, 3.05) is 25.0 Å². The second kappa shape index (κ2) is 10.4. The Labute approximate surface area is 189 Å². The van der Waals surface area contributed by atoms with Gasteiger partial charge in [0.1, 0.15) is 17.1 Å². The molecule has 2 aromatic rings. The van der Waals surface area contributed by atoms with Gasteiger partial charge >= 0.3 is 6.09 Å². The Bertz CT molecular complexity index is 913. The summed E-state index contributed by atoms with van der Waals surface area (Å²) in [6.07, 6.45) is 0.852. The van der Waals surface area contributed by atoms with E-state index in [0.29, 0.717) is 49.7 Å². The van der Waals surface area contributed by atoms with Gasteiger partial charge in [0.2, 0.25) is 5.91 Å². The number of rotatable bonds is 6. The zero-order valence-electron chi connectivity index (χ0n) is 19.2. The lowest BCUT2D eigenvalue weighted by molar-refractivity contribution is -0.121. The molecule has 2 aromatic carbocycles. The molecule has 172 valence electrons. The van der Waals surface area contributed by atoms with Crippen LogP contribution in [0.25, 0.3) is 0 Å². The summed E-state index contributed by atoms with van der Waals surface area (Å²) >= 11 is 0. The maximum atomic E-state index is 12.9. The largest absolute Gasteiger partial charge is 0.494 e. The molecular weight excluding hydrogens is 408 g/mol. The highest BCUT2D eigenvalue weighted by Crippen LogP contribution is 2.31. The van der Waals surface area contributed by atoms with Crippen LogP contribution < -0.4 is 14.8 Å². The van der Waals surface area contributed by atoms with E-state index in [4.69, 9.17) is 14.2 Å². The van der Waals surface area contributed by atoms with Crippen LogP contribution in [-0.4, -0.2) is 42.2 Å². The average molecular weight is 441 g/mol. The maximum Gasteiger partial charge on any atom is 0.410 e. The number of ether oxygens (including phenoxy) is 3. The predicted octanol–water partition coefficient (Wildman–Crippen LogP) is 5.46. The molecule has 1 heterocycles. The Hall–Kier alpha value is -3.22. The molecule has 0 radical (unpaired) electrons. The van der Waals surface area contributed by atoms with E-state index in [-0.39, 0.29) is 17.9 Å². The van der Waals surface area contributed by atoms with Gasteiger partial charge in [-0.3, -0.25) is 4.79 Å². The van der Waals surface area contributed by atoms with Crippen LogP contribution in [0.4, 0.5) is 10.5 Å². The first-order chi connectivity index (χ1) is 15.2. The molecule has 7 heteroatoms. The van der Waals surface area contributed by atoms with Crippen molar-refractivity contribution in [3.63, 3.8) is 0 Å². The third-order valence-corrected chi connectivity index (χ3v) is 5.02. The minimum absolute atomic E-state index is 0.0726. The molecule has 3 rings (SSSR count). The summed E-state index contributed by atoms with van der Waals surface area (Å²) in [5.74, 6) is 1.75. The number of nitrogens with zero attached hydrogens (tertiary/aromatic N) is 1. The third kappa shape index (κ3) is 6.64. The average Bonchev–Trinajstić information content (AvgIpc) is 2.75. The van der Waals surface area contributed by atoms with Crippen LogP contribution >= 0.6 is 0 Å². The van der Waals surface area contributed by atoms with Gasteiger partial charge in [-0.1, -0.05) is 12.1 Å². The number of nitrogens with one attached hydrogen (secondary N) is 1. The zero-order valence-corrected chi connectivity index (χ0v) is 19.2. The highest BCUT2D eigenvalue weighted by molar-refractivity contribution is 5.94. The predicted molar refractivity (Wildman–Crippen MR) is 123 cm³/mol. The lowest BCUT2D eigenvalue weighted by Gasteiger charge is -2.33. The lowest BCUT2D eigenvalue weighted by Crippen LogP contribution is -2.43. The SMILES string of the molecule is CCOc1ccc(Oc2ccccc2NC(=O)C2CCN(C(=O)OC(C)(C)C)CC2)cc1. The topological polar surface area (TPSA) is 77.1 Å². The molecule has 32 heavy (non-hydrogen) atoms. The number of benzene rings is 2. The first-order valence-electron chi connectivity index (χ1n) is 11.0. The van der Waals surface area contributed by atoms with E-state index in [1.807, 2.05) is 76.2 Å². The number of hydrogen-bond donors (Lipinski definition) is 1. The summed E-state index contributed by atoms with van der Waals surface area (Å²) in [4.78, 5) is 26.8. The lowest BCUT2D eigenvalue weighted by atomic mass is 9.96. The molecule has 1 aliphatic rings. The van der Waals surface area contributed by atoms with Gasteiger partial charge in [-0.2, -0.15) is 0 Å². The van der Waals surface area contributed by atoms with Gasteiger partial charge in [0, 0.05) is 19.0 Å². The highest BCUT2D eigenvalue weighted by Gasteiger charge is 2.30. The summed E-state index contributed by atoms with van der Waals surface area (Å²) in [6.45, 7) is 9.07. The fourth-order valence-corrected chi connectivity index (χ4v) is 3.44. The van der Waals surface area contributed by atoms with Crippen LogP contribution in [0.5, 0.6) is 17.2 Å². The number of hydrogen-bond acceptors (Lipinski definition) is 5. The normalized spacial score (nSPS) is 14.6. The minimum Gasteiger partial charge on any atom is -0.494 e. The standard InChI is InChI=1S/C25H32N2O5/c1-5-30-19-10-12-20(13-11-19)31-22-9-7-6-8-21(22)26-23(28)18-14-16-27(17-15-18)24(29)32-25(2,3)4/h6-13,18H,5,14-17H2,1-4H3,(H,26,28). The van der Waals surface area contributed by atoms with Gasteiger partial charge in [0.25, 0.3) is 0 Å². The number of amides is 2. The Kier molecular flexibility index (Phi) is 7.62. The Morgan fingerprint density at radius 3 is 2.25 bits per heavy atom. The van der Waals surface area contributed by atoms with Crippen molar-refractivity contribution in [3.05, 3.63) is 48.5 Å². The summed E-state index contributed by atoms with van der Waals surface area (Å²) in [6, 6.07) is 14.7. The monoisotopic (exact) mass is 440 g/mol. The van der Waals surface area contributed by atoms with Crippen molar-refractivity contribution in [1.82, 2.24) is 4.90 Å². The Morgan fingerprint density at radius 1 is 1.00 bits per heavy atom. The molecule has 1 N–H and O–H groups in total. The molecule has 1 aliphatic heterocycles. The fraction of sp³-hybridized carbons (Fsp3) is 0.440. The smallest absolute Gasteiger partial charge is 0.410 e. The summed E-state index contributed by atoms with van der Waals surface area (Å²) in [5, 5.41) is 2.99. The second-order valence-electron chi connectivity index (χ2n) is 8.73. The van der Waals surface area contributed by atoms with Crippen molar-refractivity contribution in [1.29, 1.82) is 0 Å². The van der Waals surface area contributed by atoms with Gasteiger partial charge in [0.15, 0.2) is 5.75 Å². The molecule has 2 amide bonds. The fourth-order valence-electron chi connectivity index (χ4n) is 3.44. The second-order valence-corrected chi connectivity index (χ2v) is 8.73. The summed E-state index contributed by atoms with van der Waals surface area (Å²) < 4.78 is 16.9. The van der Waals surface area contributed by atoms with E-state index in [9.17, 15) is 9.59 Å². The van der Waals surface area contributed by atoms with Crippen molar-refractivity contribution < 1.29 is 23.8 Å². The van der Waals surface area contributed by atoms with Gasteiger partial charge in [0.05, 0.1) is 12.3 Å². The molecule has 0 unspecified atom stereocenters. The molecule has 0 spiro atoms. The number of anilines is 1. The molecule has 0 bridgehead atoms. The van der Waals surface area contributed by atoms with Gasteiger partial charge in [-0.25, -0.2) is 4.79 Å². The van der Waals surface area contributed by atoms with Crippen molar-refractivity contribution in [2.24, 2.45) is 5.92 Å². The van der Waals surface area contributed by atoms with Crippen molar-refractivity contribution in [2.45, 2.75) is 46.1 Å². The number of carbonyl (C=O) groups is 2. The maximum absolute atomic E-state index is 12.9. The molecule has 1 saturated heterocycles. The molecule has 7 nitrogen and oxygen atoms in total.